The second-order valence-corrected chi connectivity index (χ2v) is 4.53. The summed E-state index contributed by atoms with van der Waals surface area (Å²) >= 11 is 0. The summed E-state index contributed by atoms with van der Waals surface area (Å²) in [6.07, 6.45) is 1.83. The van der Waals surface area contributed by atoms with Gasteiger partial charge in [-0.3, -0.25) is 0 Å². The molecular weight excluding hydrogens is 236 g/mol. The molecule has 2 aromatic carbocycles. The van der Waals surface area contributed by atoms with Crippen molar-refractivity contribution in [1.82, 2.24) is 0 Å². The van der Waals surface area contributed by atoms with Crippen molar-refractivity contribution >= 4 is 0 Å². The second-order valence-electron chi connectivity index (χ2n) is 4.53. The van der Waals surface area contributed by atoms with Crippen molar-refractivity contribution in [3.8, 4) is 11.5 Å². The molecule has 2 rings (SSSR count). The molecule has 0 radical (unpaired) electrons. The average molecular weight is 256 g/mol. The lowest BCUT2D eigenvalue weighted by atomic mass is 10.0. The normalized spacial score (nSPS) is 12.1. The Balaban J connectivity index is 2.06. The quantitative estimate of drug-likeness (QED) is 0.834. The van der Waals surface area contributed by atoms with E-state index in [2.05, 4.69) is 0 Å². The fourth-order valence-corrected chi connectivity index (χ4v) is 1.94. The first-order valence-corrected chi connectivity index (χ1v) is 6.58. The fourth-order valence-electron chi connectivity index (χ4n) is 1.94. The molecule has 0 fully saturated rings. The van der Waals surface area contributed by atoms with E-state index in [1.807, 2.05) is 54.6 Å². The van der Waals surface area contributed by atoms with Crippen LogP contribution in [-0.2, 0) is 0 Å². The summed E-state index contributed by atoms with van der Waals surface area (Å²) in [4.78, 5) is 0. The van der Waals surface area contributed by atoms with Crippen LogP contribution >= 0.6 is 0 Å². The number of nitrogens with two attached hydrogens (primary N) is 2. The number of rotatable bonds is 6. The van der Waals surface area contributed by atoms with Crippen LogP contribution in [0.25, 0.3) is 0 Å². The lowest BCUT2D eigenvalue weighted by Gasteiger charge is -2.13. The molecule has 0 bridgehead atoms. The van der Waals surface area contributed by atoms with E-state index < -0.39 is 0 Å². The average Bonchev–Trinajstić information content (AvgIpc) is 2.46. The Morgan fingerprint density at radius 3 is 2.42 bits per heavy atom. The topological polar surface area (TPSA) is 61.3 Å². The van der Waals surface area contributed by atoms with Crippen LogP contribution in [0.5, 0.6) is 11.5 Å². The molecule has 0 heterocycles. The molecule has 100 valence electrons. The standard InChI is InChI=1S/C16H20N2O/c17-11-5-10-16(18)13-6-4-9-15(12-13)19-14-7-2-1-3-8-14/h1-4,6-9,12,16H,5,10-11,17-18H2/t16-/m0/s1. The van der Waals surface area contributed by atoms with Crippen LogP contribution in [0, 0.1) is 0 Å². The Morgan fingerprint density at radius 2 is 1.68 bits per heavy atom. The maximum Gasteiger partial charge on any atom is 0.127 e. The van der Waals surface area contributed by atoms with Gasteiger partial charge in [-0.05, 0) is 49.2 Å². The molecule has 0 aliphatic rings. The summed E-state index contributed by atoms with van der Waals surface area (Å²) < 4.78 is 5.79. The van der Waals surface area contributed by atoms with Crippen molar-refractivity contribution in [3.05, 3.63) is 60.2 Å². The molecule has 1 atom stereocenters. The number of hydrogen-bond donors (Lipinski definition) is 2. The Morgan fingerprint density at radius 1 is 0.947 bits per heavy atom. The summed E-state index contributed by atoms with van der Waals surface area (Å²) in [6, 6.07) is 17.7. The van der Waals surface area contributed by atoms with E-state index in [0.29, 0.717) is 6.54 Å². The van der Waals surface area contributed by atoms with Gasteiger partial charge in [0.05, 0.1) is 0 Å². The molecule has 0 aromatic heterocycles. The van der Waals surface area contributed by atoms with Gasteiger partial charge in [-0.25, -0.2) is 0 Å². The Kier molecular flexibility index (Phi) is 4.95. The van der Waals surface area contributed by atoms with E-state index >= 15 is 0 Å². The fraction of sp³-hybridized carbons (Fsp3) is 0.250. The highest BCUT2D eigenvalue weighted by molar-refractivity contribution is 5.34. The second kappa shape index (κ2) is 6.92. The first kappa shape index (κ1) is 13.6. The maximum atomic E-state index is 6.13. The minimum absolute atomic E-state index is 0.0165. The third-order valence-corrected chi connectivity index (χ3v) is 2.98. The van der Waals surface area contributed by atoms with Crippen LogP contribution in [-0.4, -0.2) is 6.54 Å². The van der Waals surface area contributed by atoms with Crippen LogP contribution in [0.15, 0.2) is 54.6 Å². The summed E-state index contributed by atoms with van der Waals surface area (Å²) in [5, 5.41) is 0. The Labute approximate surface area is 114 Å². The van der Waals surface area contributed by atoms with Gasteiger partial charge in [-0.1, -0.05) is 30.3 Å². The van der Waals surface area contributed by atoms with Crippen molar-refractivity contribution in [2.75, 3.05) is 6.54 Å². The molecule has 0 saturated heterocycles. The number of para-hydroxylation sites is 1. The van der Waals surface area contributed by atoms with Crippen LogP contribution in [0.4, 0.5) is 0 Å². The zero-order valence-corrected chi connectivity index (χ0v) is 11.0. The molecule has 0 aliphatic heterocycles. The van der Waals surface area contributed by atoms with E-state index in [-0.39, 0.29) is 6.04 Å². The molecule has 3 nitrogen and oxygen atoms in total. The van der Waals surface area contributed by atoms with Crippen molar-refractivity contribution < 1.29 is 4.74 Å². The van der Waals surface area contributed by atoms with Gasteiger partial charge in [0, 0.05) is 6.04 Å². The minimum atomic E-state index is 0.0165. The highest BCUT2D eigenvalue weighted by Crippen LogP contribution is 2.25. The van der Waals surface area contributed by atoms with Crippen LogP contribution < -0.4 is 16.2 Å². The van der Waals surface area contributed by atoms with Crippen molar-refractivity contribution in [2.45, 2.75) is 18.9 Å². The third kappa shape index (κ3) is 4.09. The van der Waals surface area contributed by atoms with Gasteiger partial charge < -0.3 is 16.2 Å². The largest absolute Gasteiger partial charge is 0.457 e. The molecular formula is C16H20N2O. The minimum Gasteiger partial charge on any atom is -0.457 e. The number of hydrogen-bond acceptors (Lipinski definition) is 3. The summed E-state index contributed by atoms with van der Waals surface area (Å²) in [6.45, 7) is 0.675. The zero-order chi connectivity index (χ0) is 13.5. The van der Waals surface area contributed by atoms with Crippen LogP contribution in [0.3, 0.4) is 0 Å². The number of ether oxygens (including phenoxy) is 1. The monoisotopic (exact) mass is 256 g/mol. The summed E-state index contributed by atoms with van der Waals surface area (Å²) in [7, 11) is 0. The van der Waals surface area contributed by atoms with Crippen molar-refractivity contribution in [2.24, 2.45) is 11.5 Å². The van der Waals surface area contributed by atoms with Gasteiger partial charge in [-0.2, -0.15) is 0 Å². The Bertz CT molecular complexity index is 499. The maximum absolute atomic E-state index is 6.13. The van der Waals surface area contributed by atoms with Gasteiger partial charge in [0.25, 0.3) is 0 Å². The van der Waals surface area contributed by atoms with E-state index in [0.717, 1.165) is 29.9 Å². The SMILES string of the molecule is NCCC[C@H](N)c1cccc(Oc2ccccc2)c1. The third-order valence-electron chi connectivity index (χ3n) is 2.98. The van der Waals surface area contributed by atoms with Gasteiger partial charge in [0.1, 0.15) is 11.5 Å². The Hall–Kier alpha value is -1.84. The summed E-state index contributed by atoms with van der Waals surface area (Å²) in [5.74, 6) is 1.64. The summed E-state index contributed by atoms with van der Waals surface area (Å²) in [5.41, 5.74) is 12.7. The predicted octanol–water partition coefficient (Wildman–Crippen LogP) is 3.22. The highest BCUT2D eigenvalue weighted by atomic mass is 16.5. The smallest absolute Gasteiger partial charge is 0.127 e. The molecule has 0 amide bonds. The van der Waals surface area contributed by atoms with Crippen molar-refractivity contribution in [3.63, 3.8) is 0 Å². The number of benzene rings is 2. The lowest BCUT2D eigenvalue weighted by molar-refractivity contribution is 0.480. The van der Waals surface area contributed by atoms with E-state index in [1.165, 1.54) is 0 Å². The van der Waals surface area contributed by atoms with E-state index in [1.54, 1.807) is 0 Å². The van der Waals surface area contributed by atoms with Gasteiger partial charge in [0.15, 0.2) is 0 Å². The zero-order valence-electron chi connectivity index (χ0n) is 11.0. The molecule has 2 aromatic rings. The van der Waals surface area contributed by atoms with Gasteiger partial charge >= 0.3 is 0 Å². The molecule has 0 aliphatic carbocycles. The van der Waals surface area contributed by atoms with Crippen LogP contribution in [0.2, 0.25) is 0 Å². The first-order chi connectivity index (χ1) is 9.29. The molecule has 0 spiro atoms. The molecule has 0 saturated carbocycles. The first-order valence-electron chi connectivity index (χ1n) is 6.58. The van der Waals surface area contributed by atoms with Gasteiger partial charge in [-0.15, -0.1) is 0 Å². The van der Waals surface area contributed by atoms with Gasteiger partial charge in [0.2, 0.25) is 0 Å². The molecule has 3 heteroatoms. The lowest BCUT2D eigenvalue weighted by Crippen LogP contribution is -2.12. The van der Waals surface area contributed by atoms with Crippen molar-refractivity contribution in [1.29, 1.82) is 0 Å². The molecule has 4 N–H and O–H groups in total. The molecule has 0 unspecified atom stereocenters. The van der Waals surface area contributed by atoms with Crippen LogP contribution in [0.1, 0.15) is 24.4 Å². The predicted molar refractivity (Wildman–Crippen MR) is 78.2 cm³/mol. The molecule has 19 heavy (non-hydrogen) atoms. The van der Waals surface area contributed by atoms with E-state index in [9.17, 15) is 0 Å². The van der Waals surface area contributed by atoms with E-state index in [4.69, 9.17) is 16.2 Å². The highest BCUT2D eigenvalue weighted by Gasteiger charge is 2.06.